The number of nitrogens with two attached hydrogens (primary N) is 1. The lowest BCUT2D eigenvalue weighted by molar-refractivity contribution is -0.131. The molecule has 0 bridgehead atoms. The molecular weight excluding hydrogens is 316 g/mol. The van der Waals surface area contributed by atoms with E-state index < -0.39 is 0 Å². The van der Waals surface area contributed by atoms with Gasteiger partial charge in [-0.05, 0) is 24.1 Å². The van der Waals surface area contributed by atoms with E-state index in [2.05, 4.69) is 16.6 Å². The quantitative estimate of drug-likeness (QED) is 0.735. The Morgan fingerprint density at radius 2 is 1.88 bits per heavy atom. The van der Waals surface area contributed by atoms with Gasteiger partial charge in [0.1, 0.15) is 0 Å². The topological polar surface area (TPSA) is 78.7 Å². The van der Waals surface area contributed by atoms with E-state index >= 15 is 0 Å². The van der Waals surface area contributed by atoms with Crippen molar-refractivity contribution in [1.29, 1.82) is 0 Å². The van der Waals surface area contributed by atoms with Crippen molar-refractivity contribution in [2.75, 3.05) is 39.3 Å². The van der Waals surface area contributed by atoms with Crippen LogP contribution in [0.3, 0.4) is 0 Å². The number of nitrogens with zero attached hydrogens (tertiary/aromatic N) is 2. The number of hydrogen-bond acceptors (Lipinski definition) is 4. The van der Waals surface area contributed by atoms with Gasteiger partial charge in [0, 0.05) is 45.2 Å². The van der Waals surface area contributed by atoms with Crippen molar-refractivity contribution < 1.29 is 9.59 Å². The molecule has 0 aromatic rings. The van der Waals surface area contributed by atoms with Crippen LogP contribution in [-0.4, -0.2) is 60.9 Å². The minimum absolute atomic E-state index is 0.0444. The molecule has 6 nitrogen and oxygen atoms in total. The van der Waals surface area contributed by atoms with Crippen LogP contribution >= 0.6 is 0 Å². The van der Waals surface area contributed by atoms with Gasteiger partial charge >= 0.3 is 0 Å². The van der Waals surface area contributed by atoms with Crippen LogP contribution in [0.25, 0.3) is 0 Å². The van der Waals surface area contributed by atoms with Crippen LogP contribution in [0.2, 0.25) is 0 Å². The van der Waals surface area contributed by atoms with Crippen molar-refractivity contribution in [3.05, 3.63) is 41.5 Å². The molecular formula is C19H27N4O2-. The molecule has 0 aromatic carbocycles. The fourth-order valence-electron chi connectivity index (χ4n) is 3.58. The van der Waals surface area contributed by atoms with E-state index in [0.29, 0.717) is 25.9 Å². The summed E-state index contributed by atoms with van der Waals surface area (Å²) < 4.78 is 0. The van der Waals surface area contributed by atoms with Crippen molar-refractivity contribution in [1.82, 2.24) is 15.1 Å². The molecule has 3 rings (SSSR count). The number of amides is 2. The van der Waals surface area contributed by atoms with E-state index in [-0.39, 0.29) is 17.7 Å². The molecule has 0 unspecified atom stereocenters. The zero-order valence-corrected chi connectivity index (χ0v) is 14.8. The minimum Gasteiger partial charge on any atom is -0.385 e. The lowest BCUT2D eigenvalue weighted by atomic mass is 9.93. The van der Waals surface area contributed by atoms with Crippen LogP contribution in [0.1, 0.15) is 19.8 Å². The van der Waals surface area contributed by atoms with Gasteiger partial charge in [-0.15, -0.1) is 18.6 Å². The highest BCUT2D eigenvalue weighted by molar-refractivity contribution is 5.98. The molecule has 136 valence electrons. The number of piperidine rings is 1. The molecule has 1 aliphatic carbocycles. The summed E-state index contributed by atoms with van der Waals surface area (Å²) in [6.45, 7) is 7.00. The molecule has 0 aromatic heterocycles. The summed E-state index contributed by atoms with van der Waals surface area (Å²) in [5.41, 5.74) is 8.27. The lowest BCUT2D eigenvalue weighted by Crippen LogP contribution is -2.44. The Kier molecular flexibility index (Phi) is 5.48. The zero-order valence-electron chi connectivity index (χ0n) is 14.8. The SMILES string of the molecule is C/C=C1\C=C(C(=O)N2CCC(C(N)=O)CC2)C=C(N2CCNCC2)[CH-]1. The number of nitrogens with one attached hydrogen (secondary N) is 1. The van der Waals surface area contributed by atoms with Crippen LogP contribution in [0.15, 0.2) is 35.1 Å². The predicted molar refractivity (Wildman–Crippen MR) is 97.2 cm³/mol. The van der Waals surface area contributed by atoms with E-state index in [1.165, 1.54) is 0 Å². The highest BCUT2D eigenvalue weighted by atomic mass is 16.2. The van der Waals surface area contributed by atoms with Gasteiger partial charge in [0.25, 0.3) is 0 Å². The molecule has 0 spiro atoms. The minimum atomic E-state index is -0.254. The van der Waals surface area contributed by atoms with E-state index in [1.807, 2.05) is 30.1 Å². The normalized spacial score (nSPS) is 23.8. The fourth-order valence-corrected chi connectivity index (χ4v) is 3.58. The van der Waals surface area contributed by atoms with E-state index in [1.54, 1.807) is 0 Å². The summed E-state index contributed by atoms with van der Waals surface area (Å²) >= 11 is 0. The van der Waals surface area contributed by atoms with E-state index in [0.717, 1.165) is 43.0 Å². The van der Waals surface area contributed by atoms with Gasteiger partial charge in [0.15, 0.2) is 0 Å². The van der Waals surface area contributed by atoms with Crippen molar-refractivity contribution >= 4 is 11.8 Å². The molecule has 6 heteroatoms. The number of piperazine rings is 1. The number of rotatable bonds is 3. The molecule has 0 saturated carbocycles. The Morgan fingerprint density at radius 1 is 1.20 bits per heavy atom. The lowest BCUT2D eigenvalue weighted by Gasteiger charge is -2.38. The number of allylic oxidation sites excluding steroid dienone is 3. The van der Waals surface area contributed by atoms with Gasteiger partial charge in [-0.25, -0.2) is 0 Å². The zero-order chi connectivity index (χ0) is 17.8. The highest BCUT2D eigenvalue weighted by Crippen LogP contribution is 2.27. The first-order chi connectivity index (χ1) is 12.1. The first kappa shape index (κ1) is 17.6. The van der Waals surface area contributed by atoms with Crippen LogP contribution < -0.4 is 11.1 Å². The standard InChI is InChI=1S/C19H27N4O2/c1-2-14-11-16(13-17(12-14)22-9-5-21-6-10-22)19(25)23-7-3-15(4-8-23)18(20)24/h2,11-13,15,21H,3-10H2,1H3,(H2,20,24)/q-1/b14-2+. The summed E-state index contributed by atoms with van der Waals surface area (Å²) in [4.78, 5) is 28.4. The summed E-state index contributed by atoms with van der Waals surface area (Å²) in [7, 11) is 0. The summed E-state index contributed by atoms with van der Waals surface area (Å²) in [6.07, 6.45) is 9.44. The third kappa shape index (κ3) is 4.07. The fraction of sp³-hybridized carbons (Fsp3) is 0.526. The van der Waals surface area contributed by atoms with Crippen LogP contribution in [0.5, 0.6) is 0 Å². The molecule has 2 amide bonds. The average Bonchev–Trinajstić information content (AvgIpc) is 2.67. The Bertz CT molecular complexity index is 621. The number of likely N-dealkylation sites (tertiary alicyclic amines) is 1. The first-order valence-corrected chi connectivity index (χ1v) is 9.07. The van der Waals surface area contributed by atoms with Gasteiger partial charge in [-0.1, -0.05) is 6.92 Å². The van der Waals surface area contributed by atoms with Crippen molar-refractivity contribution in [2.24, 2.45) is 11.7 Å². The molecule has 25 heavy (non-hydrogen) atoms. The second kappa shape index (κ2) is 7.78. The number of carbonyl (C=O) groups excluding carboxylic acids is 2. The maximum atomic E-state index is 12.9. The monoisotopic (exact) mass is 343 g/mol. The number of primary amides is 1. The van der Waals surface area contributed by atoms with E-state index in [4.69, 9.17) is 5.73 Å². The van der Waals surface area contributed by atoms with Crippen molar-refractivity contribution in [3.8, 4) is 0 Å². The van der Waals surface area contributed by atoms with Gasteiger partial charge in [0.2, 0.25) is 11.8 Å². The molecule has 3 N–H and O–H groups in total. The molecule has 0 atom stereocenters. The van der Waals surface area contributed by atoms with E-state index in [9.17, 15) is 9.59 Å². The maximum Gasteiger partial charge on any atom is 0.235 e. The summed E-state index contributed by atoms with van der Waals surface area (Å²) in [5, 5.41) is 3.35. The number of carbonyl (C=O) groups is 2. The summed E-state index contributed by atoms with van der Waals surface area (Å²) in [5.74, 6) is -0.311. The van der Waals surface area contributed by atoms with Crippen molar-refractivity contribution in [3.63, 3.8) is 0 Å². The van der Waals surface area contributed by atoms with Crippen LogP contribution in [0.4, 0.5) is 0 Å². The van der Waals surface area contributed by atoms with Crippen LogP contribution in [0, 0.1) is 12.3 Å². The molecule has 3 aliphatic rings. The second-order valence-corrected chi connectivity index (χ2v) is 6.81. The molecule has 2 heterocycles. The summed E-state index contributed by atoms with van der Waals surface area (Å²) in [6, 6.07) is 0. The van der Waals surface area contributed by atoms with Crippen LogP contribution in [-0.2, 0) is 9.59 Å². The molecule has 2 fully saturated rings. The average molecular weight is 343 g/mol. The van der Waals surface area contributed by atoms with Gasteiger partial charge < -0.3 is 20.9 Å². The highest BCUT2D eigenvalue weighted by Gasteiger charge is 2.26. The second-order valence-electron chi connectivity index (χ2n) is 6.81. The Morgan fingerprint density at radius 3 is 2.48 bits per heavy atom. The Balaban J connectivity index is 1.72. The first-order valence-electron chi connectivity index (χ1n) is 9.07. The Labute approximate surface area is 149 Å². The predicted octanol–water partition coefficient (Wildman–Crippen LogP) is 0.590. The van der Waals surface area contributed by atoms with Gasteiger partial charge in [-0.2, -0.15) is 11.6 Å². The largest absolute Gasteiger partial charge is 0.385 e. The molecule has 2 saturated heterocycles. The maximum absolute atomic E-state index is 12.9. The third-order valence-electron chi connectivity index (χ3n) is 5.19. The molecule has 0 radical (unpaired) electrons. The van der Waals surface area contributed by atoms with Gasteiger partial charge in [0.05, 0.1) is 0 Å². The number of hydrogen-bond donors (Lipinski definition) is 2. The van der Waals surface area contributed by atoms with Gasteiger partial charge in [-0.3, -0.25) is 9.59 Å². The van der Waals surface area contributed by atoms with Crippen molar-refractivity contribution in [2.45, 2.75) is 19.8 Å². The third-order valence-corrected chi connectivity index (χ3v) is 5.19. The smallest absolute Gasteiger partial charge is 0.235 e. The molecule has 2 aliphatic heterocycles. The Hall–Kier alpha value is -2.21.